The second kappa shape index (κ2) is 8.62. The molecule has 1 saturated heterocycles. The maximum absolute atomic E-state index is 15.2. The van der Waals surface area contributed by atoms with Crippen molar-refractivity contribution in [3.05, 3.63) is 58.4 Å². The van der Waals surface area contributed by atoms with Crippen molar-refractivity contribution in [1.82, 2.24) is 0 Å². The highest BCUT2D eigenvalue weighted by Gasteiger charge is 2.62. The number of hydrogen-bond donors (Lipinski definition) is 2. The molecule has 2 aliphatic heterocycles. The Morgan fingerprint density at radius 2 is 1.72 bits per heavy atom. The van der Waals surface area contributed by atoms with Crippen molar-refractivity contribution in [3.63, 3.8) is 0 Å². The Hall–Kier alpha value is -2.33. The number of primary amides is 1. The van der Waals surface area contributed by atoms with E-state index in [1.807, 2.05) is 48.5 Å². The zero-order valence-corrected chi connectivity index (χ0v) is 22.3. The molecule has 4 rings (SSSR count). The van der Waals surface area contributed by atoms with Gasteiger partial charge in [0, 0.05) is 28.1 Å². The van der Waals surface area contributed by atoms with Gasteiger partial charge in [-0.2, -0.15) is 0 Å². The molecule has 0 bridgehead atoms. The van der Waals surface area contributed by atoms with E-state index in [2.05, 4.69) is 0 Å². The molecule has 0 aromatic heterocycles. The van der Waals surface area contributed by atoms with E-state index in [1.54, 1.807) is 30.3 Å². The summed E-state index contributed by atoms with van der Waals surface area (Å²) in [6.45, 7) is 12.9. The lowest BCUT2D eigenvalue weighted by Gasteiger charge is -2.44. The summed E-state index contributed by atoms with van der Waals surface area (Å²) in [6, 6.07) is 9.93. The third-order valence-corrected chi connectivity index (χ3v) is 7.73. The average molecular weight is 520 g/mol. The van der Waals surface area contributed by atoms with Crippen LogP contribution in [0, 0.1) is 11.2 Å². The second-order valence-corrected chi connectivity index (χ2v) is 11.8. The number of hydrogen-bond acceptors (Lipinski definition) is 6. The van der Waals surface area contributed by atoms with Crippen molar-refractivity contribution in [1.29, 1.82) is 0 Å². The van der Waals surface area contributed by atoms with E-state index in [-0.39, 0.29) is 21.8 Å². The van der Waals surface area contributed by atoms with E-state index in [4.69, 9.17) is 36.1 Å². The molecule has 1 fully saturated rings. The van der Waals surface area contributed by atoms with Gasteiger partial charge in [0.1, 0.15) is 17.7 Å². The van der Waals surface area contributed by atoms with Gasteiger partial charge in [0.25, 0.3) is 0 Å². The minimum absolute atomic E-state index is 0.0419. The number of nitrogens with two attached hydrogens (primary N) is 1. The Morgan fingerprint density at radius 3 is 2.22 bits per heavy atom. The monoisotopic (exact) mass is 519 g/mol. The van der Waals surface area contributed by atoms with E-state index in [0.717, 1.165) is 6.07 Å². The predicted octanol–water partition coefficient (Wildman–Crippen LogP) is 4.61. The Morgan fingerprint density at radius 1 is 1.17 bits per heavy atom. The summed E-state index contributed by atoms with van der Waals surface area (Å²) in [5.41, 5.74) is 2.37. The zero-order chi connectivity index (χ0) is 26.8. The molecule has 2 aromatic rings. The van der Waals surface area contributed by atoms with Crippen LogP contribution < -0.4 is 15.9 Å². The molecule has 2 aliphatic rings. The van der Waals surface area contributed by atoms with Gasteiger partial charge < -0.3 is 29.6 Å². The number of fused-ring (bicyclic) bond motifs is 1. The molecular formula is C26H32BClFNO6. The van der Waals surface area contributed by atoms with Crippen LogP contribution in [-0.2, 0) is 19.6 Å². The number of ether oxygens (including phenoxy) is 2. The SMILES string of the molecule is CC(C)(C)[C@H](OC(N)=O)[C@@]1(c2ccccc2)Oc2cc(F)c(Cl)c(B3OC(C)(C)C(C)(C)O3)c2[C@@H]1O. The van der Waals surface area contributed by atoms with Crippen molar-refractivity contribution in [3.8, 4) is 5.75 Å². The molecule has 0 unspecified atom stereocenters. The van der Waals surface area contributed by atoms with E-state index in [1.165, 1.54) is 0 Å². The fraction of sp³-hybridized carbons (Fsp3) is 0.500. The van der Waals surface area contributed by atoms with Gasteiger partial charge in [0.15, 0.2) is 6.10 Å². The number of carbonyl (C=O) groups is 1. The number of aliphatic hydroxyl groups excluding tert-OH is 1. The van der Waals surface area contributed by atoms with E-state index in [9.17, 15) is 9.90 Å². The predicted molar refractivity (Wildman–Crippen MR) is 135 cm³/mol. The van der Waals surface area contributed by atoms with Crippen molar-refractivity contribution >= 4 is 30.3 Å². The molecule has 36 heavy (non-hydrogen) atoms. The highest BCUT2D eigenvalue weighted by Crippen LogP contribution is 2.55. The third-order valence-electron chi connectivity index (χ3n) is 7.34. The van der Waals surface area contributed by atoms with Gasteiger partial charge in [-0.05, 0) is 27.7 Å². The Bertz CT molecular complexity index is 1170. The number of benzene rings is 2. The summed E-state index contributed by atoms with van der Waals surface area (Å²) in [5, 5.41) is 11.8. The first kappa shape index (κ1) is 26.7. The second-order valence-electron chi connectivity index (χ2n) is 11.4. The van der Waals surface area contributed by atoms with Crippen LogP contribution in [0.15, 0.2) is 36.4 Å². The smallest absolute Gasteiger partial charge is 0.475 e. The van der Waals surface area contributed by atoms with Crippen molar-refractivity contribution in [2.24, 2.45) is 11.1 Å². The summed E-state index contributed by atoms with van der Waals surface area (Å²) in [5.74, 6) is -0.723. The van der Waals surface area contributed by atoms with E-state index >= 15 is 4.39 Å². The first-order valence-corrected chi connectivity index (χ1v) is 12.2. The maximum Gasteiger partial charge on any atom is 0.497 e. The minimum atomic E-state index is -1.67. The first-order chi connectivity index (χ1) is 16.5. The van der Waals surface area contributed by atoms with Gasteiger partial charge in [0.05, 0.1) is 16.2 Å². The highest BCUT2D eigenvalue weighted by molar-refractivity contribution is 6.66. The van der Waals surface area contributed by atoms with Crippen molar-refractivity contribution < 1.29 is 33.1 Å². The van der Waals surface area contributed by atoms with E-state index in [0.29, 0.717) is 5.56 Å². The Kier molecular flexibility index (Phi) is 6.40. The zero-order valence-electron chi connectivity index (χ0n) is 21.5. The lowest BCUT2D eigenvalue weighted by molar-refractivity contribution is -0.152. The summed E-state index contributed by atoms with van der Waals surface area (Å²) in [4.78, 5) is 12.0. The molecule has 0 aliphatic carbocycles. The molecular weight excluding hydrogens is 488 g/mol. The van der Waals surface area contributed by atoms with Crippen LogP contribution in [0.1, 0.15) is 65.7 Å². The third kappa shape index (κ3) is 4.06. The molecule has 2 heterocycles. The molecule has 7 nitrogen and oxygen atoms in total. The summed E-state index contributed by atoms with van der Waals surface area (Å²) in [7, 11) is -1.08. The molecule has 3 atom stereocenters. The number of aliphatic hydroxyl groups is 1. The number of rotatable bonds is 4. The fourth-order valence-corrected chi connectivity index (χ4v) is 5.18. The number of carbonyl (C=O) groups excluding carboxylic acids is 1. The first-order valence-electron chi connectivity index (χ1n) is 11.8. The molecule has 1 amide bonds. The van der Waals surface area contributed by atoms with Crippen LogP contribution in [-0.4, -0.2) is 35.6 Å². The number of halogens is 2. The average Bonchev–Trinajstić information content (AvgIpc) is 3.16. The van der Waals surface area contributed by atoms with Crippen LogP contribution >= 0.6 is 11.6 Å². The van der Waals surface area contributed by atoms with Crippen LogP contribution in [0.5, 0.6) is 5.75 Å². The van der Waals surface area contributed by atoms with Gasteiger partial charge in [-0.1, -0.05) is 62.7 Å². The van der Waals surface area contributed by atoms with Gasteiger partial charge in [0.2, 0.25) is 5.60 Å². The molecule has 0 radical (unpaired) electrons. The summed E-state index contributed by atoms with van der Waals surface area (Å²) >= 11 is 6.49. The highest BCUT2D eigenvalue weighted by atomic mass is 35.5. The Labute approximate surface area is 216 Å². The Balaban J connectivity index is 1.98. The largest absolute Gasteiger partial charge is 0.497 e. The molecule has 194 valence electrons. The summed E-state index contributed by atoms with van der Waals surface area (Å²) < 4.78 is 39.6. The standard InChI is InChI=1S/C26H32BClFNO6/c1-23(2,3)21(33-22(30)32)26(14-11-9-8-10-12-14)20(31)17-16(34-26)13-15(29)19(28)18(17)27-35-24(4,5)25(6,7)36-27/h8-13,20-21,31H,1-7H3,(H2,30,32)/t20-,21-,26-/m0/s1. The minimum Gasteiger partial charge on any atom is -0.475 e. The maximum atomic E-state index is 15.2. The van der Waals surface area contributed by atoms with Crippen LogP contribution in [0.2, 0.25) is 5.02 Å². The quantitative estimate of drug-likeness (QED) is 0.572. The lowest BCUT2D eigenvalue weighted by Crippen LogP contribution is -2.55. The normalized spacial score (nSPS) is 25.3. The fourth-order valence-electron chi connectivity index (χ4n) is 4.93. The molecule has 3 N–H and O–H groups in total. The van der Waals surface area contributed by atoms with Crippen LogP contribution in [0.3, 0.4) is 0 Å². The van der Waals surface area contributed by atoms with Gasteiger partial charge in [-0.15, -0.1) is 0 Å². The van der Waals surface area contributed by atoms with Gasteiger partial charge in [-0.3, -0.25) is 0 Å². The lowest BCUT2D eigenvalue weighted by atomic mass is 9.68. The van der Waals surface area contributed by atoms with Gasteiger partial charge >= 0.3 is 13.2 Å². The number of amides is 1. The van der Waals surface area contributed by atoms with Crippen LogP contribution in [0.4, 0.5) is 9.18 Å². The topological polar surface area (TPSA) is 100 Å². The van der Waals surface area contributed by atoms with E-state index < -0.39 is 53.5 Å². The molecule has 10 heteroatoms. The summed E-state index contributed by atoms with van der Waals surface area (Å²) in [6.07, 6.45) is -3.57. The van der Waals surface area contributed by atoms with Gasteiger partial charge in [-0.25, -0.2) is 9.18 Å². The molecule has 0 spiro atoms. The van der Waals surface area contributed by atoms with Crippen molar-refractivity contribution in [2.45, 2.75) is 77.5 Å². The van der Waals surface area contributed by atoms with Crippen LogP contribution in [0.25, 0.3) is 0 Å². The molecule has 0 saturated carbocycles. The van der Waals surface area contributed by atoms with Crippen molar-refractivity contribution in [2.75, 3.05) is 0 Å². The molecule has 2 aromatic carbocycles.